The van der Waals surface area contributed by atoms with Gasteiger partial charge in [-0.05, 0) is 48.4 Å². The molecule has 1 N–H and O–H groups in total. The Morgan fingerprint density at radius 1 is 1.19 bits per heavy atom. The van der Waals surface area contributed by atoms with Crippen molar-refractivity contribution in [2.24, 2.45) is 0 Å². The minimum absolute atomic E-state index is 0.0578. The van der Waals surface area contributed by atoms with Gasteiger partial charge in [0.2, 0.25) is 11.8 Å². The minimum Gasteiger partial charge on any atom is -0.484 e. The van der Waals surface area contributed by atoms with E-state index in [4.69, 9.17) is 9.15 Å². The highest BCUT2D eigenvalue weighted by Gasteiger charge is 2.35. The van der Waals surface area contributed by atoms with E-state index in [9.17, 15) is 14.0 Å². The molecule has 1 aliphatic heterocycles. The van der Waals surface area contributed by atoms with Crippen molar-refractivity contribution in [3.8, 4) is 5.75 Å². The zero-order chi connectivity index (χ0) is 21.8. The molecule has 2 amide bonds. The molecule has 1 aromatic heterocycles. The number of hydrogen-bond acceptors (Lipinski definition) is 6. The lowest BCUT2D eigenvalue weighted by Gasteiger charge is -2.15. The summed E-state index contributed by atoms with van der Waals surface area (Å²) in [4.78, 5) is 26.0. The average molecular weight is 424 g/mol. The lowest BCUT2D eigenvalue weighted by Crippen LogP contribution is -2.24. The second kappa shape index (κ2) is 8.95. The van der Waals surface area contributed by atoms with E-state index in [1.165, 1.54) is 17.7 Å². The van der Waals surface area contributed by atoms with E-state index < -0.39 is 5.91 Å². The van der Waals surface area contributed by atoms with E-state index in [1.54, 1.807) is 29.2 Å². The summed E-state index contributed by atoms with van der Waals surface area (Å²) in [6, 6.07) is 13.1. The fraction of sp³-hybridized carbons (Fsp3) is 0.273. The summed E-state index contributed by atoms with van der Waals surface area (Å²) in [7, 11) is 0. The van der Waals surface area contributed by atoms with E-state index in [-0.39, 0.29) is 42.6 Å². The minimum atomic E-state index is -0.440. The Hall–Kier alpha value is -3.75. The van der Waals surface area contributed by atoms with E-state index in [0.717, 1.165) is 6.42 Å². The molecule has 1 atom stereocenters. The van der Waals surface area contributed by atoms with E-state index in [0.29, 0.717) is 18.0 Å². The van der Waals surface area contributed by atoms with Crippen molar-refractivity contribution >= 4 is 23.5 Å². The number of nitrogens with one attached hydrogen (secondary N) is 1. The van der Waals surface area contributed by atoms with Gasteiger partial charge in [-0.15, -0.1) is 5.10 Å². The van der Waals surface area contributed by atoms with Crippen LogP contribution in [0.5, 0.6) is 5.75 Å². The molecule has 0 spiro atoms. The normalized spacial score (nSPS) is 15.9. The van der Waals surface area contributed by atoms with Crippen molar-refractivity contribution in [1.82, 2.24) is 10.2 Å². The zero-order valence-electron chi connectivity index (χ0n) is 16.9. The number of ether oxygens (including phenoxy) is 1. The van der Waals surface area contributed by atoms with Gasteiger partial charge < -0.3 is 14.1 Å². The van der Waals surface area contributed by atoms with Gasteiger partial charge in [-0.2, -0.15) is 0 Å². The van der Waals surface area contributed by atoms with Crippen LogP contribution < -0.4 is 15.0 Å². The molecule has 4 rings (SSSR count). The van der Waals surface area contributed by atoms with Crippen LogP contribution in [-0.2, 0) is 16.0 Å². The molecule has 1 aliphatic rings. The van der Waals surface area contributed by atoms with Gasteiger partial charge in [0, 0.05) is 18.7 Å². The third kappa shape index (κ3) is 4.88. The number of carbonyl (C=O) groups is 2. The number of aromatic nitrogens is 2. The van der Waals surface area contributed by atoms with Crippen molar-refractivity contribution < 1.29 is 23.1 Å². The van der Waals surface area contributed by atoms with Crippen LogP contribution in [-0.4, -0.2) is 35.2 Å². The van der Waals surface area contributed by atoms with Crippen molar-refractivity contribution in [3.63, 3.8) is 0 Å². The quantitative estimate of drug-likeness (QED) is 0.625. The molecule has 0 radical (unpaired) electrons. The maximum absolute atomic E-state index is 13.1. The summed E-state index contributed by atoms with van der Waals surface area (Å²) in [5.41, 5.74) is 1.78. The first-order valence-electron chi connectivity index (χ1n) is 9.92. The van der Waals surface area contributed by atoms with Crippen LogP contribution in [0.25, 0.3) is 0 Å². The molecule has 31 heavy (non-hydrogen) atoms. The maximum atomic E-state index is 13.1. The summed E-state index contributed by atoms with van der Waals surface area (Å²) in [6.45, 7) is 2.18. The molecule has 0 bridgehead atoms. The molecule has 8 nitrogen and oxygen atoms in total. The van der Waals surface area contributed by atoms with E-state index in [2.05, 4.69) is 22.4 Å². The second-order valence-electron chi connectivity index (χ2n) is 7.16. The number of hydrogen-bond donors (Lipinski definition) is 1. The molecule has 0 saturated carbocycles. The lowest BCUT2D eigenvalue weighted by molar-refractivity contribution is -0.118. The van der Waals surface area contributed by atoms with Crippen LogP contribution in [0.1, 0.15) is 30.7 Å². The monoisotopic (exact) mass is 424 g/mol. The highest BCUT2D eigenvalue weighted by molar-refractivity contribution is 5.96. The van der Waals surface area contributed by atoms with Crippen LogP contribution >= 0.6 is 0 Å². The number of anilines is 2. The molecule has 1 fully saturated rings. The first kappa shape index (κ1) is 20.5. The van der Waals surface area contributed by atoms with Gasteiger partial charge in [0.05, 0.1) is 5.92 Å². The summed E-state index contributed by atoms with van der Waals surface area (Å²) in [6.07, 6.45) is 1.11. The number of rotatable bonds is 7. The number of aryl methyl sites for hydroxylation is 1. The first-order valence-corrected chi connectivity index (χ1v) is 9.92. The van der Waals surface area contributed by atoms with Crippen LogP contribution in [0.2, 0.25) is 0 Å². The van der Waals surface area contributed by atoms with Gasteiger partial charge in [0.1, 0.15) is 11.6 Å². The number of amides is 2. The molecule has 1 saturated heterocycles. The van der Waals surface area contributed by atoms with Crippen LogP contribution in [0.4, 0.5) is 16.1 Å². The van der Waals surface area contributed by atoms with Crippen LogP contribution in [0.15, 0.2) is 52.9 Å². The highest BCUT2D eigenvalue weighted by Crippen LogP contribution is 2.31. The molecule has 160 valence electrons. The second-order valence-corrected chi connectivity index (χ2v) is 7.16. The largest absolute Gasteiger partial charge is 0.484 e. The molecule has 0 aliphatic carbocycles. The Labute approximate surface area is 178 Å². The number of carbonyl (C=O) groups excluding carboxylic acids is 2. The Kier molecular flexibility index (Phi) is 5.92. The van der Waals surface area contributed by atoms with Crippen molar-refractivity contribution in [2.75, 3.05) is 23.4 Å². The predicted octanol–water partition coefficient (Wildman–Crippen LogP) is 3.31. The molecule has 0 unspecified atom stereocenters. The maximum Gasteiger partial charge on any atom is 0.322 e. The molecule has 3 aromatic rings. The molecular formula is C22H21FN4O4. The lowest BCUT2D eigenvalue weighted by atomic mass is 10.1. The first-order chi connectivity index (χ1) is 15.0. The predicted molar refractivity (Wildman–Crippen MR) is 110 cm³/mol. The number of benzene rings is 2. The number of halogens is 1. The summed E-state index contributed by atoms with van der Waals surface area (Å²) in [5, 5.41) is 10.3. The smallest absolute Gasteiger partial charge is 0.322 e. The summed E-state index contributed by atoms with van der Waals surface area (Å²) >= 11 is 0. The zero-order valence-corrected chi connectivity index (χ0v) is 16.9. The molecule has 9 heteroatoms. The summed E-state index contributed by atoms with van der Waals surface area (Å²) < 4.78 is 24.1. The Morgan fingerprint density at radius 2 is 1.94 bits per heavy atom. The molecule has 2 aromatic carbocycles. The summed E-state index contributed by atoms with van der Waals surface area (Å²) in [5.74, 6) is -0.406. The van der Waals surface area contributed by atoms with Crippen molar-refractivity contribution in [2.45, 2.75) is 25.7 Å². The third-order valence-electron chi connectivity index (χ3n) is 5.00. The standard InChI is InChI=1S/C22H21FN4O4/c1-2-14-3-9-18(10-4-14)30-13-19(28)24-22-26-25-21(31-22)15-11-20(29)27(12-15)17-7-5-16(23)6-8-17/h3-10,15H,2,11-13H2,1H3,(H,24,26,28)/t15-/m0/s1. The van der Waals surface area contributed by atoms with Gasteiger partial charge in [0.15, 0.2) is 6.61 Å². The van der Waals surface area contributed by atoms with E-state index >= 15 is 0 Å². The Bertz CT molecular complexity index is 1070. The van der Waals surface area contributed by atoms with Gasteiger partial charge in [-0.1, -0.05) is 24.2 Å². The number of nitrogens with zero attached hydrogens (tertiary/aromatic N) is 3. The SMILES string of the molecule is CCc1ccc(OCC(=O)Nc2nnc([C@H]3CC(=O)N(c4ccc(F)cc4)C3)o2)cc1. The third-order valence-corrected chi connectivity index (χ3v) is 5.00. The van der Waals surface area contributed by atoms with Crippen molar-refractivity contribution in [3.05, 3.63) is 65.8 Å². The fourth-order valence-corrected chi connectivity index (χ4v) is 3.32. The van der Waals surface area contributed by atoms with Crippen molar-refractivity contribution in [1.29, 1.82) is 0 Å². The van der Waals surface area contributed by atoms with Gasteiger partial charge in [-0.25, -0.2) is 4.39 Å². The van der Waals surface area contributed by atoms with Crippen LogP contribution in [0, 0.1) is 5.82 Å². The van der Waals surface area contributed by atoms with Gasteiger partial charge >= 0.3 is 6.01 Å². The van der Waals surface area contributed by atoms with E-state index in [1.807, 2.05) is 12.1 Å². The average Bonchev–Trinajstić information content (AvgIpc) is 3.40. The molecule has 2 heterocycles. The topological polar surface area (TPSA) is 97.6 Å². The van der Waals surface area contributed by atoms with Gasteiger partial charge in [-0.3, -0.25) is 14.9 Å². The Balaban J connectivity index is 1.32. The highest BCUT2D eigenvalue weighted by atomic mass is 19.1. The van der Waals surface area contributed by atoms with Crippen LogP contribution in [0.3, 0.4) is 0 Å². The molecular weight excluding hydrogens is 403 g/mol. The fourth-order valence-electron chi connectivity index (χ4n) is 3.32. The van der Waals surface area contributed by atoms with Gasteiger partial charge in [0.25, 0.3) is 5.91 Å². The Morgan fingerprint density at radius 3 is 2.65 bits per heavy atom.